The highest BCUT2D eigenvalue weighted by atomic mass is 32.1. The number of anilines is 1. The van der Waals surface area contributed by atoms with Crippen LogP contribution in [-0.4, -0.2) is 15.9 Å². The van der Waals surface area contributed by atoms with Crippen molar-refractivity contribution in [3.8, 4) is 10.6 Å². The smallest absolute Gasteiger partial charge is 0.256 e. The molecular formula is C20H15N3OS. The first kappa shape index (κ1) is 15.5. The first-order valence-electron chi connectivity index (χ1n) is 7.89. The average molecular weight is 345 g/mol. The SMILES string of the molecule is Cc1ccc(C(=O)Nc2ccc(-c3nc4ccccc4s3)cn2)cc1. The van der Waals surface area contributed by atoms with Crippen molar-refractivity contribution in [3.63, 3.8) is 0 Å². The molecule has 0 fully saturated rings. The van der Waals surface area contributed by atoms with E-state index in [1.165, 1.54) is 0 Å². The average Bonchev–Trinajstić information content (AvgIpc) is 3.07. The van der Waals surface area contributed by atoms with Crippen LogP contribution >= 0.6 is 11.3 Å². The quantitative estimate of drug-likeness (QED) is 0.573. The zero-order valence-corrected chi connectivity index (χ0v) is 14.4. The predicted octanol–water partition coefficient (Wildman–Crippen LogP) is 4.92. The highest BCUT2D eigenvalue weighted by molar-refractivity contribution is 7.21. The van der Waals surface area contributed by atoms with Crippen LogP contribution in [0.4, 0.5) is 5.82 Å². The molecule has 25 heavy (non-hydrogen) atoms. The third-order valence-corrected chi connectivity index (χ3v) is 4.95. The molecule has 0 atom stereocenters. The van der Waals surface area contributed by atoms with Gasteiger partial charge < -0.3 is 5.32 Å². The van der Waals surface area contributed by atoms with Gasteiger partial charge in [0.15, 0.2) is 0 Å². The molecule has 0 radical (unpaired) electrons. The van der Waals surface area contributed by atoms with E-state index in [9.17, 15) is 4.79 Å². The lowest BCUT2D eigenvalue weighted by atomic mass is 10.1. The van der Waals surface area contributed by atoms with Crippen LogP contribution in [-0.2, 0) is 0 Å². The summed E-state index contributed by atoms with van der Waals surface area (Å²) in [6, 6.07) is 19.2. The molecule has 2 heterocycles. The van der Waals surface area contributed by atoms with Gasteiger partial charge in [0.2, 0.25) is 0 Å². The van der Waals surface area contributed by atoms with Gasteiger partial charge in [-0.3, -0.25) is 4.79 Å². The Morgan fingerprint density at radius 3 is 2.52 bits per heavy atom. The minimum atomic E-state index is -0.166. The first-order chi connectivity index (χ1) is 12.2. The maximum atomic E-state index is 12.2. The van der Waals surface area contributed by atoms with E-state index in [-0.39, 0.29) is 5.91 Å². The molecule has 2 aromatic heterocycles. The summed E-state index contributed by atoms with van der Waals surface area (Å²) in [5.74, 6) is 0.357. The van der Waals surface area contributed by atoms with Crippen LogP contribution in [0.1, 0.15) is 15.9 Å². The van der Waals surface area contributed by atoms with Crippen molar-refractivity contribution in [3.05, 3.63) is 78.0 Å². The first-order valence-corrected chi connectivity index (χ1v) is 8.71. The summed E-state index contributed by atoms with van der Waals surface area (Å²) in [6.45, 7) is 1.99. The number of aromatic nitrogens is 2. The minimum Gasteiger partial charge on any atom is -0.307 e. The van der Waals surface area contributed by atoms with Gasteiger partial charge in [0.25, 0.3) is 5.91 Å². The summed E-state index contributed by atoms with van der Waals surface area (Å²) in [6.07, 6.45) is 1.74. The van der Waals surface area contributed by atoms with Crippen molar-refractivity contribution in [1.82, 2.24) is 9.97 Å². The van der Waals surface area contributed by atoms with Gasteiger partial charge in [0.1, 0.15) is 10.8 Å². The third-order valence-electron chi connectivity index (χ3n) is 3.86. The molecule has 0 unspecified atom stereocenters. The summed E-state index contributed by atoms with van der Waals surface area (Å²) < 4.78 is 1.15. The molecule has 0 aliphatic heterocycles. The standard InChI is InChI=1S/C20H15N3OS/c1-13-6-8-14(9-7-13)19(24)23-18-11-10-15(12-21-18)20-22-16-4-2-3-5-17(16)25-20/h2-12H,1H3,(H,21,23,24). The van der Waals surface area contributed by atoms with E-state index in [4.69, 9.17) is 0 Å². The second-order valence-electron chi connectivity index (χ2n) is 5.74. The zero-order valence-electron chi connectivity index (χ0n) is 13.6. The Morgan fingerprint density at radius 1 is 1.00 bits per heavy atom. The van der Waals surface area contributed by atoms with Gasteiger partial charge >= 0.3 is 0 Å². The molecule has 5 heteroatoms. The van der Waals surface area contributed by atoms with E-state index in [2.05, 4.69) is 21.4 Å². The number of thiazole rings is 1. The monoisotopic (exact) mass is 345 g/mol. The number of nitrogens with one attached hydrogen (secondary N) is 1. The number of rotatable bonds is 3. The second-order valence-corrected chi connectivity index (χ2v) is 6.77. The van der Waals surface area contributed by atoms with Crippen LogP contribution in [0.3, 0.4) is 0 Å². The molecule has 122 valence electrons. The summed E-state index contributed by atoms with van der Waals surface area (Å²) in [7, 11) is 0. The normalized spacial score (nSPS) is 10.8. The van der Waals surface area contributed by atoms with Crippen molar-refractivity contribution >= 4 is 33.3 Å². The van der Waals surface area contributed by atoms with Crippen molar-refractivity contribution < 1.29 is 4.79 Å². The molecule has 1 amide bonds. The molecular weight excluding hydrogens is 330 g/mol. The Kier molecular flexibility index (Phi) is 3.99. The molecule has 1 N–H and O–H groups in total. The fourth-order valence-electron chi connectivity index (χ4n) is 2.48. The Hall–Kier alpha value is -3.05. The Labute approximate surface area is 149 Å². The highest BCUT2D eigenvalue weighted by Crippen LogP contribution is 2.29. The summed E-state index contributed by atoms with van der Waals surface area (Å²) in [4.78, 5) is 21.2. The number of amides is 1. The largest absolute Gasteiger partial charge is 0.307 e. The number of hydrogen-bond donors (Lipinski definition) is 1. The number of pyridine rings is 1. The van der Waals surface area contributed by atoms with Crippen molar-refractivity contribution in [2.24, 2.45) is 0 Å². The molecule has 0 aliphatic carbocycles. The van der Waals surface area contributed by atoms with E-state index in [1.807, 2.05) is 43.3 Å². The van der Waals surface area contributed by atoms with E-state index >= 15 is 0 Å². The molecule has 0 aliphatic rings. The van der Waals surface area contributed by atoms with Crippen LogP contribution < -0.4 is 5.32 Å². The van der Waals surface area contributed by atoms with Gasteiger partial charge in [-0.05, 0) is 43.3 Å². The molecule has 4 nitrogen and oxygen atoms in total. The van der Waals surface area contributed by atoms with E-state index < -0.39 is 0 Å². The number of hydrogen-bond acceptors (Lipinski definition) is 4. The maximum Gasteiger partial charge on any atom is 0.256 e. The fourth-order valence-corrected chi connectivity index (χ4v) is 3.44. The van der Waals surface area contributed by atoms with Crippen molar-refractivity contribution in [1.29, 1.82) is 0 Å². The Bertz CT molecular complexity index is 1000. The van der Waals surface area contributed by atoms with Crippen molar-refractivity contribution in [2.75, 3.05) is 5.32 Å². The van der Waals surface area contributed by atoms with Crippen LogP contribution in [0, 0.1) is 6.92 Å². The van der Waals surface area contributed by atoms with Gasteiger partial charge in [0, 0.05) is 17.3 Å². The number of nitrogens with zero attached hydrogens (tertiary/aromatic N) is 2. The number of benzene rings is 2. The van der Waals surface area contributed by atoms with Gasteiger partial charge in [-0.15, -0.1) is 11.3 Å². The summed E-state index contributed by atoms with van der Waals surface area (Å²) in [5.41, 5.74) is 3.66. The Balaban J connectivity index is 1.53. The van der Waals surface area contributed by atoms with E-state index in [0.29, 0.717) is 11.4 Å². The molecule has 0 spiro atoms. The lowest BCUT2D eigenvalue weighted by molar-refractivity contribution is 0.102. The molecule has 4 rings (SSSR count). The van der Waals surface area contributed by atoms with E-state index in [1.54, 1.807) is 35.7 Å². The summed E-state index contributed by atoms with van der Waals surface area (Å²) >= 11 is 1.63. The van der Waals surface area contributed by atoms with Crippen LogP contribution in [0.2, 0.25) is 0 Å². The van der Waals surface area contributed by atoms with Crippen LogP contribution in [0.25, 0.3) is 20.8 Å². The number of aryl methyl sites for hydroxylation is 1. The Morgan fingerprint density at radius 2 is 1.80 bits per heavy atom. The third kappa shape index (κ3) is 3.27. The molecule has 2 aromatic carbocycles. The predicted molar refractivity (Wildman–Crippen MR) is 102 cm³/mol. The minimum absolute atomic E-state index is 0.166. The fraction of sp³-hybridized carbons (Fsp3) is 0.0500. The second kappa shape index (κ2) is 6.45. The lowest BCUT2D eigenvalue weighted by Crippen LogP contribution is -2.12. The highest BCUT2D eigenvalue weighted by Gasteiger charge is 2.09. The van der Waals surface area contributed by atoms with E-state index in [0.717, 1.165) is 26.4 Å². The van der Waals surface area contributed by atoms with Gasteiger partial charge in [-0.25, -0.2) is 9.97 Å². The van der Waals surface area contributed by atoms with Crippen molar-refractivity contribution in [2.45, 2.75) is 6.92 Å². The number of fused-ring (bicyclic) bond motifs is 1. The number of para-hydroxylation sites is 1. The van der Waals surface area contributed by atoms with Gasteiger partial charge in [-0.1, -0.05) is 29.8 Å². The molecule has 0 bridgehead atoms. The topological polar surface area (TPSA) is 54.9 Å². The zero-order chi connectivity index (χ0) is 17.2. The van der Waals surface area contributed by atoms with Crippen LogP contribution in [0.5, 0.6) is 0 Å². The molecule has 0 saturated carbocycles. The molecule has 0 saturated heterocycles. The van der Waals surface area contributed by atoms with Gasteiger partial charge in [-0.2, -0.15) is 0 Å². The van der Waals surface area contributed by atoms with Gasteiger partial charge in [0.05, 0.1) is 10.2 Å². The maximum absolute atomic E-state index is 12.2. The number of carbonyl (C=O) groups is 1. The molecule has 4 aromatic rings. The van der Waals surface area contributed by atoms with Crippen LogP contribution in [0.15, 0.2) is 66.9 Å². The lowest BCUT2D eigenvalue weighted by Gasteiger charge is -2.05. The number of carbonyl (C=O) groups excluding carboxylic acids is 1. The summed E-state index contributed by atoms with van der Waals surface area (Å²) in [5, 5.41) is 3.74.